The molecule has 114 valence electrons. The molecule has 2 unspecified atom stereocenters. The van der Waals surface area contributed by atoms with E-state index in [0.717, 1.165) is 18.4 Å². The number of nitrogens with zero attached hydrogens (tertiary/aromatic N) is 1. The largest absolute Gasteiger partial charge is 0.467 e. The van der Waals surface area contributed by atoms with Gasteiger partial charge in [-0.15, -0.1) is 0 Å². The minimum atomic E-state index is -0.477. The van der Waals surface area contributed by atoms with Crippen molar-refractivity contribution in [3.05, 3.63) is 34.9 Å². The van der Waals surface area contributed by atoms with Crippen LogP contribution in [0.4, 0.5) is 0 Å². The van der Waals surface area contributed by atoms with Gasteiger partial charge in [-0.05, 0) is 30.5 Å². The third kappa shape index (κ3) is 3.38. The number of likely N-dealkylation sites (tertiary alicyclic amines) is 1. The Balaban J connectivity index is 2.33. The van der Waals surface area contributed by atoms with E-state index in [-0.39, 0.29) is 17.9 Å². The van der Waals surface area contributed by atoms with Crippen LogP contribution in [0.2, 0.25) is 5.02 Å². The van der Waals surface area contributed by atoms with Crippen molar-refractivity contribution in [2.45, 2.75) is 44.7 Å². The minimum absolute atomic E-state index is 0.0128. The summed E-state index contributed by atoms with van der Waals surface area (Å²) in [5.41, 5.74) is 1.01. The first kappa shape index (κ1) is 15.8. The van der Waals surface area contributed by atoms with Gasteiger partial charge in [-0.3, -0.25) is 4.79 Å². The van der Waals surface area contributed by atoms with Crippen LogP contribution >= 0.6 is 11.6 Å². The van der Waals surface area contributed by atoms with Crippen molar-refractivity contribution < 1.29 is 14.3 Å². The molecule has 5 heteroatoms. The Kier molecular flexibility index (Phi) is 5.23. The van der Waals surface area contributed by atoms with E-state index in [1.54, 1.807) is 4.90 Å². The van der Waals surface area contributed by atoms with Crippen LogP contribution in [-0.4, -0.2) is 29.9 Å². The predicted octanol–water partition coefficient (Wildman–Crippen LogP) is 3.35. The van der Waals surface area contributed by atoms with Gasteiger partial charge < -0.3 is 9.64 Å². The highest BCUT2D eigenvalue weighted by molar-refractivity contribution is 6.30. The third-order valence-corrected chi connectivity index (χ3v) is 4.13. The highest BCUT2D eigenvalue weighted by Gasteiger charge is 2.41. The number of benzene rings is 1. The maximum atomic E-state index is 12.3. The summed E-state index contributed by atoms with van der Waals surface area (Å²) < 4.78 is 4.84. The molecule has 1 aliphatic rings. The SMILES string of the molecule is CCCC(c1ccc(Cl)cc1)N1C(=O)CCC1C(=O)OC. The number of esters is 1. The average molecular weight is 310 g/mol. The molecule has 1 saturated heterocycles. The summed E-state index contributed by atoms with van der Waals surface area (Å²) >= 11 is 5.93. The molecule has 1 aliphatic heterocycles. The van der Waals surface area contributed by atoms with Crippen molar-refractivity contribution in [3.8, 4) is 0 Å². The van der Waals surface area contributed by atoms with Crippen LogP contribution in [0.15, 0.2) is 24.3 Å². The molecule has 1 heterocycles. The summed E-state index contributed by atoms with van der Waals surface area (Å²) in [5.74, 6) is -0.324. The van der Waals surface area contributed by atoms with Gasteiger partial charge in [-0.25, -0.2) is 4.79 Å². The smallest absolute Gasteiger partial charge is 0.328 e. The Morgan fingerprint density at radius 2 is 2.10 bits per heavy atom. The van der Waals surface area contributed by atoms with E-state index in [1.807, 2.05) is 24.3 Å². The minimum Gasteiger partial charge on any atom is -0.467 e. The standard InChI is InChI=1S/C16H20ClNO3/c1-3-4-13(11-5-7-12(17)8-6-11)18-14(16(20)21-2)9-10-15(18)19/h5-8,13-14H,3-4,9-10H2,1-2H3. The third-order valence-electron chi connectivity index (χ3n) is 3.88. The number of ether oxygens (including phenoxy) is 1. The second-order valence-corrected chi connectivity index (χ2v) is 5.67. The number of carbonyl (C=O) groups is 2. The molecule has 0 N–H and O–H groups in total. The van der Waals surface area contributed by atoms with E-state index in [1.165, 1.54) is 7.11 Å². The van der Waals surface area contributed by atoms with Crippen molar-refractivity contribution in [1.82, 2.24) is 4.90 Å². The quantitative estimate of drug-likeness (QED) is 0.784. The Labute approximate surface area is 130 Å². The topological polar surface area (TPSA) is 46.6 Å². The molecule has 0 spiro atoms. The van der Waals surface area contributed by atoms with Gasteiger partial charge in [0, 0.05) is 11.4 Å². The molecule has 0 radical (unpaired) electrons. The van der Waals surface area contributed by atoms with E-state index in [4.69, 9.17) is 16.3 Å². The second-order valence-electron chi connectivity index (χ2n) is 5.23. The second kappa shape index (κ2) is 6.94. The van der Waals surface area contributed by atoms with Gasteiger partial charge in [-0.1, -0.05) is 37.1 Å². The summed E-state index contributed by atoms with van der Waals surface area (Å²) in [5, 5.41) is 0.659. The molecule has 21 heavy (non-hydrogen) atoms. The molecule has 1 fully saturated rings. The van der Waals surface area contributed by atoms with Crippen LogP contribution in [0.1, 0.15) is 44.2 Å². The van der Waals surface area contributed by atoms with Gasteiger partial charge in [0.25, 0.3) is 0 Å². The van der Waals surface area contributed by atoms with E-state index < -0.39 is 6.04 Å². The molecule has 1 amide bonds. The zero-order valence-corrected chi connectivity index (χ0v) is 13.1. The van der Waals surface area contributed by atoms with Gasteiger partial charge in [0.15, 0.2) is 0 Å². The zero-order chi connectivity index (χ0) is 15.4. The maximum absolute atomic E-state index is 12.3. The lowest BCUT2D eigenvalue weighted by atomic mass is 9.99. The number of carbonyl (C=O) groups excluding carboxylic acids is 2. The van der Waals surface area contributed by atoms with Gasteiger partial charge in [0.1, 0.15) is 6.04 Å². The normalized spacial score (nSPS) is 19.7. The molecule has 2 atom stereocenters. The van der Waals surface area contributed by atoms with Crippen LogP contribution in [-0.2, 0) is 14.3 Å². The summed E-state index contributed by atoms with van der Waals surface area (Å²) in [4.78, 5) is 25.9. The molecular formula is C16H20ClNO3. The number of halogens is 1. The van der Waals surface area contributed by atoms with E-state index in [9.17, 15) is 9.59 Å². The summed E-state index contributed by atoms with van der Waals surface area (Å²) in [6, 6.07) is 6.88. The van der Waals surface area contributed by atoms with Crippen molar-refractivity contribution in [1.29, 1.82) is 0 Å². The fourth-order valence-electron chi connectivity index (χ4n) is 2.89. The van der Waals surface area contributed by atoms with Crippen LogP contribution in [0.3, 0.4) is 0 Å². The predicted molar refractivity (Wildman–Crippen MR) is 81.0 cm³/mol. The molecular weight excluding hydrogens is 290 g/mol. The Morgan fingerprint density at radius 3 is 2.67 bits per heavy atom. The Bertz CT molecular complexity index is 515. The van der Waals surface area contributed by atoms with Crippen molar-refractivity contribution in [3.63, 3.8) is 0 Å². The van der Waals surface area contributed by atoms with E-state index in [2.05, 4.69) is 6.92 Å². The number of amides is 1. The maximum Gasteiger partial charge on any atom is 0.328 e. The highest BCUT2D eigenvalue weighted by atomic mass is 35.5. The molecule has 0 saturated carbocycles. The molecule has 0 aliphatic carbocycles. The molecule has 4 nitrogen and oxygen atoms in total. The first-order chi connectivity index (χ1) is 10.1. The van der Waals surface area contributed by atoms with Crippen LogP contribution in [0, 0.1) is 0 Å². The highest BCUT2D eigenvalue weighted by Crippen LogP contribution is 2.34. The van der Waals surface area contributed by atoms with Crippen LogP contribution in [0.5, 0.6) is 0 Å². The van der Waals surface area contributed by atoms with Gasteiger partial charge in [-0.2, -0.15) is 0 Å². The summed E-state index contributed by atoms with van der Waals surface area (Å²) in [7, 11) is 1.36. The molecule has 1 aromatic carbocycles. The van der Waals surface area contributed by atoms with Gasteiger partial charge in [0.2, 0.25) is 5.91 Å². The first-order valence-electron chi connectivity index (χ1n) is 7.23. The van der Waals surface area contributed by atoms with Crippen molar-refractivity contribution >= 4 is 23.5 Å². The van der Waals surface area contributed by atoms with Gasteiger partial charge >= 0.3 is 5.97 Å². The number of hydrogen-bond donors (Lipinski definition) is 0. The van der Waals surface area contributed by atoms with E-state index in [0.29, 0.717) is 17.9 Å². The molecule has 1 aromatic rings. The summed E-state index contributed by atoms with van der Waals surface area (Å²) in [6.07, 6.45) is 2.65. The lowest BCUT2D eigenvalue weighted by Crippen LogP contribution is -2.41. The Hall–Kier alpha value is -1.55. The molecule has 2 rings (SSSR count). The van der Waals surface area contributed by atoms with Gasteiger partial charge in [0.05, 0.1) is 13.2 Å². The number of methoxy groups -OCH3 is 1. The number of hydrogen-bond acceptors (Lipinski definition) is 3. The monoisotopic (exact) mass is 309 g/mol. The first-order valence-corrected chi connectivity index (χ1v) is 7.60. The zero-order valence-electron chi connectivity index (χ0n) is 12.3. The fraction of sp³-hybridized carbons (Fsp3) is 0.500. The summed E-state index contributed by atoms with van der Waals surface area (Å²) in [6.45, 7) is 2.07. The van der Waals surface area contributed by atoms with Crippen LogP contribution < -0.4 is 0 Å². The van der Waals surface area contributed by atoms with E-state index >= 15 is 0 Å². The molecule has 0 bridgehead atoms. The van der Waals surface area contributed by atoms with Crippen molar-refractivity contribution in [2.75, 3.05) is 7.11 Å². The van der Waals surface area contributed by atoms with Crippen molar-refractivity contribution in [2.24, 2.45) is 0 Å². The molecule has 0 aromatic heterocycles. The fourth-order valence-corrected chi connectivity index (χ4v) is 3.01. The lowest BCUT2D eigenvalue weighted by Gasteiger charge is -2.32. The van der Waals surface area contributed by atoms with Crippen LogP contribution in [0.25, 0.3) is 0 Å². The number of rotatable bonds is 5. The average Bonchev–Trinajstić information content (AvgIpc) is 2.87. The Morgan fingerprint density at radius 1 is 1.43 bits per heavy atom. The lowest BCUT2D eigenvalue weighted by molar-refractivity contribution is -0.151.